The number of benzene rings is 1. The molecule has 0 radical (unpaired) electrons. The molecule has 3 heteroatoms. The highest BCUT2D eigenvalue weighted by molar-refractivity contribution is 6.32. The first kappa shape index (κ1) is 12.6. The van der Waals surface area contributed by atoms with Crippen LogP contribution in [0.4, 0.5) is 5.69 Å². The molecule has 94 valence electrons. The number of anilines is 1. The SMILES string of the molecule is COc1ccc(NC(C)C2CCCC2)cc1Cl. The Morgan fingerprint density at radius 3 is 2.65 bits per heavy atom. The van der Waals surface area contributed by atoms with Crippen molar-refractivity contribution in [2.75, 3.05) is 12.4 Å². The van der Waals surface area contributed by atoms with Gasteiger partial charge in [0.2, 0.25) is 0 Å². The van der Waals surface area contributed by atoms with Crippen molar-refractivity contribution < 1.29 is 4.74 Å². The number of nitrogens with one attached hydrogen (secondary N) is 1. The monoisotopic (exact) mass is 253 g/mol. The summed E-state index contributed by atoms with van der Waals surface area (Å²) < 4.78 is 5.15. The van der Waals surface area contributed by atoms with E-state index in [1.165, 1.54) is 25.7 Å². The predicted octanol–water partition coefficient (Wildman–Crippen LogP) is 4.34. The molecule has 0 bridgehead atoms. The molecule has 0 amide bonds. The van der Waals surface area contributed by atoms with Crippen molar-refractivity contribution in [2.24, 2.45) is 5.92 Å². The van der Waals surface area contributed by atoms with E-state index in [0.717, 1.165) is 17.4 Å². The van der Waals surface area contributed by atoms with E-state index in [-0.39, 0.29) is 0 Å². The highest BCUT2D eigenvalue weighted by Gasteiger charge is 2.21. The summed E-state index contributed by atoms with van der Waals surface area (Å²) in [5.41, 5.74) is 1.08. The van der Waals surface area contributed by atoms with E-state index in [0.29, 0.717) is 11.1 Å². The van der Waals surface area contributed by atoms with E-state index in [1.54, 1.807) is 7.11 Å². The van der Waals surface area contributed by atoms with Crippen LogP contribution in [-0.4, -0.2) is 13.2 Å². The third-order valence-corrected chi connectivity index (χ3v) is 3.95. The zero-order chi connectivity index (χ0) is 12.3. The second-order valence-corrected chi connectivity index (χ2v) is 5.23. The van der Waals surface area contributed by atoms with Gasteiger partial charge in [0, 0.05) is 11.7 Å². The molecule has 2 rings (SSSR count). The molecular weight excluding hydrogens is 234 g/mol. The summed E-state index contributed by atoms with van der Waals surface area (Å²) in [5, 5.41) is 4.20. The van der Waals surface area contributed by atoms with Gasteiger partial charge >= 0.3 is 0 Å². The van der Waals surface area contributed by atoms with Gasteiger partial charge < -0.3 is 10.1 Å². The molecule has 1 fully saturated rings. The maximum Gasteiger partial charge on any atom is 0.137 e. The molecule has 2 nitrogen and oxygen atoms in total. The van der Waals surface area contributed by atoms with E-state index in [4.69, 9.17) is 16.3 Å². The highest BCUT2D eigenvalue weighted by atomic mass is 35.5. The van der Waals surface area contributed by atoms with Gasteiger partial charge in [0.25, 0.3) is 0 Å². The summed E-state index contributed by atoms with van der Waals surface area (Å²) >= 11 is 6.11. The molecule has 1 aliphatic carbocycles. The minimum Gasteiger partial charge on any atom is -0.495 e. The summed E-state index contributed by atoms with van der Waals surface area (Å²) in [4.78, 5) is 0. The molecule has 0 spiro atoms. The minimum absolute atomic E-state index is 0.516. The Bertz CT molecular complexity index is 374. The fraction of sp³-hybridized carbons (Fsp3) is 0.571. The van der Waals surface area contributed by atoms with Crippen molar-refractivity contribution in [3.63, 3.8) is 0 Å². The van der Waals surface area contributed by atoms with Gasteiger partial charge in [0.05, 0.1) is 12.1 Å². The van der Waals surface area contributed by atoms with E-state index in [9.17, 15) is 0 Å². The Hall–Kier alpha value is -0.890. The summed E-state index contributed by atoms with van der Waals surface area (Å²) in [6.07, 6.45) is 5.44. The normalized spacial score (nSPS) is 18.1. The fourth-order valence-electron chi connectivity index (χ4n) is 2.59. The Morgan fingerprint density at radius 2 is 2.06 bits per heavy atom. The molecule has 1 aromatic carbocycles. The molecule has 1 atom stereocenters. The first-order chi connectivity index (χ1) is 8.20. The molecule has 0 aromatic heterocycles. The van der Waals surface area contributed by atoms with Crippen LogP contribution in [0.1, 0.15) is 32.6 Å². The second-order valence-electron chi connectivity index (χ2n) is 4.83. The van der Waals surface area contributed by atoms with Crippen LogP contribution in [0.3, 0.4) is 0 Å². The lowest BCUT2D eigenvalue weighted by Gasteiger charge is -2.21. The van der Waals surface area contributed by atoms with Gasteiger partial charge in [-0.2, -0.15) is 0 Å². The smallest absolute Gasteiger partial charge is 0.137 e. The Kier molecular flexibility index (Phi) is 4.16. The summed E-state index contributed by atoms with van der Waals surface area (Å²) in [7, 11) is 1.63. The number of ether oxygens (including phenoxy) is 1. The van der Waals surface area contributed by atoms with Crippen LogP contribution in [-0.2, 0) is 0 Å². The van der Waals surface area contributed by atoms with E-state index < -0.39 is 0 Å². The van der Waals surface area contributed by atoms with Gasteiger partial charge in [0.15, 0.2) is 0 Å². The van der Waals surface area contributed by atoms with Gasteiger partial charge in [-0.05, 0) is 43.9 Å². The van der Waals surface area contributed by atoms with Crippen LogP contribution in [0.2, 0.25) is 5.02 Å². The van der Waals surface area contributed by atoms with Crippen molar-refractivity contribution in [1.29, 1.82) is 0 Å². The molecule has 0 saturated heterocycles. The molecule has 0 heterocycles. The third-order valence-electron chi connectivity index (χ3n) is 3.65. The van der Waals surface area contributed by atoms with E-state index in [1.807, 2.05) is 18.2 Å². The lowest BCUT2D eigenvalue weighted by atomic mass is 9.99. The van der Waals surface area contributed by atoms with Crippen LogP contribution in [0.15, 0.2) is 18.2 Å². The predicted molar refractivity (Wildman–Crippen MR) is 73.0 cm³/mol. The summed E-state index contributed by atoms with van der Waals surface area (Å²) in [6.45, 7) is 2.26. The fourth-order valence-corrected chi connectivity index (χ4v) is 2.85. The molecule has 1 N–H and O–H groups in total. The van der Waals surface area contributed by atoms with Crippen LogP contribution in [0.5, 0.6) is 5.75 Å². The first-order valence-electron chi connectivity index (χ1n) is 6.31. The second kappa shape index (κ2) is 5.63. The number of hydrogen-bond acceptors (Lipinski definition) is 2. The largest absolute Gasteiger partial charge is 0.495 e. The van der Waals surface area contributed by atoms with Crippen LogP contribution < -0.4 is 10.1 Å². The van der Waals surface area contributed by atoms with Gasteiger partial charge in [0.1, 0.15) is 5.75 Å². The van der Waals surface area contributed by atoms with E-state index in [2.05, 4.69) is 12.2 Å². The van der Waals surface area contributed by atoms with Crippen LogP contribution in [0, 0.1) is 5.92 Å². The van der Waals surface area contributed by atoms with Gasteiger partial charge in [-0.1, -0.05) is 24.4 Å². The average Bonchev–Trinajstić information content (AvgIpc) is 2.82. The first-order valence-corrected chi connectivity index (χ1v) is 6.68. The number of hydrogen-bond donors (Lipinski definition) is 1. The number of methoxy groups -OCH3 is 1. The molecule has 1 aromatic rings. The quantitative estimate of drug-likeness (QED) is 0.862. The highest BCUT2D eigenvalue weighted by Crippen LogP contribution is 2.31. The van der Waals surface area contributed by atoms with Crippen LogP contribution >= 0.6 is 11.6 Å². The maximum atomic E-state index is 6.11. The van der Waals surface area contributed by atoms with Gasteiger partial charge in [-0.15, -0.1) is 0 Å². The number of rotatable bonds is 4. The van der Waals surface area contributed by atoms with Crippen molar-refractivity contribution in [2.45, 2.75) is 38.6 Å². The van der Waals surface area contributed by atoms with Crippen molar-refractivity contribution in [1.82, 2.24) is 0 Å². The standard InChI is InChI=1S/C14H20ClNO/c1-10(11-5-3-4-6-11)16-12-7-8-14(17-2)13(15)9-12/h7-11,16H,3-6H2,1-2H3. The molecule has 0 aliphatic heterocycles. The lowest BCUT2D eigenvalue weighted by molar-refractivity contribution is 0.415. The Balaban J connectivity index is 2.00. The Labute approximate surface area is 108 Å². The molecular formula is C14H20ClNO. The molecule has 1 aliphatic rings. The third kappa shape index (κ3) is 3.06. The molecule has 1 unspecified atom stereocenters. The average molecular weight is 254 g/mol. The minimum atomic E-state index is 0.516. The number of halogens is 1. The van der Waals surface area contributed by atoms with Crippen molar-refractivity contribution >= 4 is 17.3 Å². The van der Waals surface area contributed by atoms with Gasteiger partial charge in [-0.3, -0.25) is 0 Å². The van der Waals surface area contributed by atoms with Gasteiger partial charge in [-0.25, -0.2) is 0 Å². The van der Waals surface area contributed by atoms with Crippen molar-refractivity contribution in [3.05, 3.63) is 23.2 Å². The zero-order valence-corrected chi connectivity index (χ0v) is 11.3. The van der Waals surface area contributed by atoms with Crippen molar-refractivity contribution in [3.8, 4) is 5.75 Å². The maximum absolute atomic E-state index is 6.11. The molecule has 1 saturated carbocycles. The lowest BCUT2D eigenvalue weighted by Crippen LogP contribution is -2.23. The van der Waals surface area contributed by atoms with E-state index >= 15 is 0 Å². The summed E-state index contributed by atoms with van der Waals surface area (Å²) in [6, 6.07) is 6.38. The summed E-state index contributed by atoms with van der Waals surface area (Å²) in [5.74, 6) is 1.53. The molecule has 17 heavy (non-hydrogen) atoms. The topological polar surface area (TPSA) is 21.3 Å². The Morgan fingerprint density at radius 1 is 1.35 bits per heavy atom. The zero-order valence-electron chi connectivity index (χ0n) is 10.5. The van der Waals surface area contributed by atoms with Crippen LogP contribution in [0.25, 0.3) is 0 Å².